The largest absolute Gasteiger partial charge is 0.417 e. The van der Waals surface area contributed by atoms with Gasteiger partial charge < -0.3 is 5.32 Å². The van der Waals surface area contributed by atoms with Crippen molar-refractivity contribution in [3.05, 3.63) is 95.6 Å². The highest BCUT2D eigenvalue weighted by Crippen LogP contribution is 2.37. The van der Waals surface area contributed by atoms with Gasteiger partial charge in [0.2, 0.25) is 0 Å². The number of hydrogen-bond donors (Lipinski definition) is 3. The third kappa shape index (κ3) is 5.27. The average Bonchev–Trinajstić information content (AvgIpc) is 2.76. The minimum atomic E-state index is -4.49. The molecule has 4 nitrogen and oxygen atoms in total. The Morgan fingerprint density at radius 2 is 1.67 bits per heavy atom. The van der Waals surface area contributed by atoms with E-state index in [4.69, 9.17) is 5.21 Å². The summed E-state index contributed by atoms with van der Waals surface area (Å²) in [5.41, 5.74) is 3.19. The number of nitrogens with one attached hydrogen (secondary N) is 2. The monoisotopic (exact) mass is 412 g/mol. The summed E-state index contributed by atoms with van der Waals surface area (Å²) < 4.78 is 41.0. The topological polar surface area (TPSA) is 61.4 Å². The Kier molecular flexibility index (Phi) is 6.54. The van der Waals surface area contributed by atoms with Crippen LogP contribution in [0, 0.1) is 0 Å². The minimum absolute atomic E-state index is 0.130. The van der Waals surface area contributed by atoms with Crippen molar-refractivity contribution in [2.45, 2.75) is 12.7 Å². The van der Waals surface area contributed by atoms with Gasteiger partial charge >= 0.3 is 6.18 Å². The van der Waals surface area contributed by atoms with Crippen molar-refractivity contribution in [3.8, 4) is 11.1 Å². The van der Waals surface area contributed by atoms with Gasteiger partial charge in [-0.15, -0.1) is 0 Å². The van der Waals surface area contributed by atoms with E-state index in [1.54, 1.807) is 60.7 Å². The zero-order chi connectivity index (χ0) is 21.6. The van der Waals surface area contributed by atoms with Crippen molar-refractivity contribution < 1.29 is 23.2 Å². The molecule has 0 spiro atoms. The first kappa shape index (κ1) is 21.1. The van der Waals surface area contributed by atoms with E-state index in [9.17, 15) is 18.0 Å². The molecule has 0 aliphatic heterocycles. The summed E-state index contributed by atoms with van der Waals surface area (Å²) in [7, 11) is 0. The van der Waals surface area contributed by atoms with Gasteiger partial charge in [-0.2, -0.15) is 13.2 Å². The van der Waals surface area contributed by atoms with Crippen LogP contribution in [0.2, 0.25) is 0 Å². The zero-order valence-electron chi connectivity index (χ0n) is 15.8. The lowest BCUT2D eigenvalue weighted by atomic mass is 9.97. The first-order valence-corrected chi connectivity index (χ1v) is 9.09. The summed E-state index contributed by atoms with van der Waals surface area (Å²) in [6, 6.07) is 19.7. The smallest absolute Gasteiger partial charge is 0.380 e. The predicted octanol–water partition coefficient (Wildman–Crippen LogP) is 5.50. The van der Waals surface area contributed by atoms with Crippen molar-refractivity contribution in [2.75, 3.05) is 5.32 Å². The van der Waals surface area contributed by atoms with Crippen molar-refractivity contribution in [1.29, 1.82) is 0 Å². The third-order valence-electron chi connectivity index (χ3n) is 4.44. The van der Waals surface area contributed by atoms with Gasteiger partial charge in [0.1, 0.15) is 0 Å². The molecular formula is C23H19F3N2O2. The molecule has 0 unspecified atom stereocenters. The lowest BCUT2D eigenvalue weighted by molar-refractivity contribution is -0.137. The van der Waals surface area contributed by atoms with Crippen LogP contribution in [-0.4, -0.2) is 11.1 Å². The fraction of sp³-hybridized carbons (Fsp3) is 0.0870. The first-order valence-electron chi connectivity index (χ1n) is 9.09. The summed E-state index contributed by atoms with van der Waals surface area (Å²) in [6.45, 7) is 0.162. The van der Waals surface area contributed by atoms with E-state index in [1.165, 1.54) is 17.6 Å². The molecule has 7 heteroatoms. The molecule has 0 atom stereocenters. The molecule has 0 heterocycles. The number of anilines is 1. The van der Waals surface area contributed by atoms with Gasteiger partial charge in [-0.05, 0) is 40.5 Å². The lowest BCUT2D eigenvalue weighted by Crippen LogP contribution is -2.14. The molecule has 0 saturated heterocycles. The van der Waals surface area contributed by atoms with E-state index in [0.29, 0.717) is 22.4 Å². The summed E-state index contributed by atoms with van der Waals surface area (Å²) in [6.07, 6.45) is -1.84. The normalized spacial score (nSPS) is 11.5. The van der Waals surface area contributed by atoms with Gasteiger partial charge in [-0.1, -0.05) is 60.7 Å². The molecular weight excluding hydrogens is 393 g/mol. The second-order valence-corrected chi connectivity index (χ2v) is 6.49. The summed E-state index contributed by atoms with van der Waals surface area (Å²) in [4.78, 5) is 11.2. The van der Waals surface area contributed by atoms with E-state index >= 15 is 0 Å². The number of rotatable bonds is 6. The van der Waals surface area contributed by atoms with E-state index in [0.717, 1.165) is 12.1 Å². The molecule has 3 aromatic rings. The molecule has 0 fully saturated rings. The molecule has 0 saturated carbocycles. The molecule has 3 aromatic carbocycles. The molecule has 1 amide bonds. The van der Waals surface area contributed by atoms with Crippen LogP contribution in [0.3, 0.4) is 0 Å². The van der Waals surface area contributed by atoms with E-state index < -0.39 is 17.6 Å². The predicted molar refractivity (Wildman–Crippen MR) is 110 cm³/mol. The second-order valence-electron chi connectivity index (χ2n) is 6.49. The Hall–Kier alpha value is -3.58. The van der Waals surface area contributed by atoms with Gasteiger partial charge in [-0.3, -0.25) is 10.0 Å². The summed E-state index contributed by atoms with van der Waals surface area (Å²) >= 11 is 0. The highest BCUT2D eigenvalue weighted by Gasteiger charge is 2.33. The minimum Gasteiger partial charge on any atom is -0.380 e. The van der Waals surface area contributed by atoms with Gasteiger partial charge in [0.25, 0.3) is 5.91 Å². The Morgan fingerprint density at radius 3 is 2.37 bits per heavy atom. The van der Waals surface area contributed by atoms with Gasteiger partial charge in [-0.25, -0.2) is 5.48 Å². The van der Waals surface area contributed by atoms with E-state index in [-0.39, 0.29) is 12.1 Å². The number of benzene rings is 3. The van der Waals surface area contributed by atoms with Crippen molar-refractivity contribution in [1.82, 2.24) is 5.48 Å². The number of hydroxylamine groups is 1. The second kappa shape index (κ2) is 9.28. The summed E-state index contributed by atoms with van der Waals surface area (Å²) in [5.74, 6) is -0.684. The van der Waals surface area contributed by atoms with Gasteiger partial charge in [0.15, 0.2) is 0 Å². The maximum atomic E-state index is 13.7. The molecule has 0 aliphatic rings. The number of alkyl halides is 3. The Labute approximate surface area is 171 Å². The summed E-state index contributed by atoms with van der Waals surface area (Å²) in [5, 5.41) is 11.7. The molecule has 0 aromatic heterocycles. The molecule has 0 aliphatic carbocycles. The van der Waals surface area contributed by atoms with Crippen LogP contribution in [0.1, 0.15) is 16.7 Å². The fourth-order valence-electron chi connectivity index (χ4n) is 3.01. The quantitative estimate of drug-likeness (QED) is 0.285. The van der Waals surface area contributed by atoms with Crippen molar-refractivity contribution in [2.24, 2.45) is 0 Å². The third-order valence-corrected chi connectivity index (χ3v) is 4.44. The van der Waals surface area contributed by atoms with Gasteiger partial charge in [0.05, 0.1) is 5.56 Å². The molecule has 0 bridgehead atoms. The Bertz CT molecular complexity index is 1050. The van der Waals surface area contributed by atoms with E-state index in [1.807, 2.05) is 0 Å². The SMILES string of the molecule is O=C(C=Cc1ccccc1NCc1ccc(-c2ccccc2)c(C(F)(F)F)c1)NO. The number of carbonyl (C=O) groups is 1. The molecule has 30 heavy (non-hydrogen) atoms. The van der Waals surface area contributed by atoms with Crippen LogP contribution in [0.15, 0.2) is 78.9 Å². The number of carbonyl (C=O) groups excluding carboxylic acids is 1. The standard InChI is InChI=1S/C23H19F3N2O2/c24-23(25,26)20-14-16(10-12-19(20)17-6-2-1-3-7-17)15-27-21-9-5-4-8-18(21)11-13-22(29)28-30/h1-14,27,30H,15H2,(H,28,29). The average molecular weight is 412 g/mol. The molecule has 3 rings (SSSR count). The molecule has 3 N–H and O–H groups in total. The fourth-order valence-corrected chi connectivity index (χ4v) is 3.01. The van der Waals surface area contributed by atoms with Crippen LogP contribution in [0.4, 0.5) is 18.9 Å². The zero-order valence-corrected chi connectivity index (χ0v) is 15.8. The van der Waals surface area contributed by atoms with E-state index in [2.05, 4.69) is 5.32 Å². The van der Waals surface area contributed by atoms with Crippen molar-refractivity contribution in [3.63, 3.8) is 0 Å². The Balaban J connectivity index is 1.85. The van der Waals surface area contributed by atoms with Crippen LogP contribution in [0.25, 0.3) is 17.2 Å². The van der Waals surface area contributed by atoms with Crippen molar-refractivity contribution >= 4 is 17.7 Å². The number of hydrogen-bond acceptors (Lipinski definition) is 3. The first-order chi connectivity index (χ1) is 14.4. The Morgan fingerprint density at radius 1 is 0.967 bits per heavy atom. The molecule has 154 valence electrons. The van der Waals surface area contributed by atoms with Crippen LogP contribution < -0.4 is 10.8 Å². The number of para-hydroxylation sites is 1. The van der Waals surface area contributed by atoms with Crippen LogP contribution >= 0.6 is 0 Å². The lowest BCUT2D eigenvalue weighted by Gasteiger charge is -2.16. The number of halogens is 3. The van der Waals surface area contributed by atoms with Gasteiger partial charge in [0, 0.05) is 18.3 Å². The number of amides is 1. The maximum Gasteiger partial charge on any atom is 0.417 e. The highest BCUT2D eigenvalue weighted by atomic mass is 19.4. The molecule has 0 radical (unpaired) electrons. The highest BCUT2D eigenvalue weighted by molar-refractivity contribution is 5.91. The maximum absolute atomic E-state index is 13.7. The van der Waals surface area contributed by atoms with Crippen LogP contribution in [-0.2, 0) is 17.5 Å². The van der Waals surface area contributed by atoms with Crippen LogP contribution in [0.5, 0.6) is 0 Å².